The molecule has 27 heavy (non-hydrogen) atoms. The molecule has 1 saturated heterocycles. The fraction of sp³-hybridized carbons (Fsp3) is 0.556. The number of aliphatic carboxylic acids is 1. The van der Waals surface area contributed by atoms with E-state index >= 15 is 0 Å². The monoisotopic (exact) mass is 402 g/mol. The maximum atomic E-state index is 12.5. The number of carboxylic acid groups (broad SMARTS) is 1. The second-order valence-electron chi connectivity index (χ2n) is 7.76. The van der Waals surface area contributed by atoms with E-state index in [4.69, 9.17) is 9.90 Å². The van der Waals surface area contributed by atoms with Gasteiger partial charge in [0.1, 0.15) is 0 Å². The van der Waals surface area contributed by atoms with E-state index in [0.717, 1.165) is 25.1 Å². The van der Waals surface area contributed by atoms with Gasteiger partial charge in [0.25, 0.3) is 0 Å². The zero-order valence-corrected chi connectivity index (χ0v) is 16.4. The zero-order chi connectivity index (χ0) is 20.2. The van der Waals surface area contributed by atoms with Gasteiger partial charge in [0, 0.05) is 0 Å². The molecule has 150 valence electrons. The summed E-state index contributed by atoms with van der Waals surface area (Å²) < 4.78 is 31.7. The van der Waals surface area contributed by atoms with E-state index in [1.807, 2.05) is 0 Å². The summed E-state index contributed by atoms with van der Waals surface area (Å²) in [4.78, 5) is 21.4. The molecule has 3 N–H and O–H groups in total. The Balaban J connectivity index is 0.000000321. The van der Waals surface area contributed by atoms with Crippen LogP contribution in [0.2, 0.25) is 19.1 Å². The van der Waals surface area contributed by atoms with E-state index in [2.05, 4.69) is 48.0 Å². The third kappa shape index (κ3) is 6.07. The van der Waals surface area contributed by atoms with Crippen LogP contribution >= 0.6 is 0 Å². The van der Waals surface area contributed by atoms with Crippen LogP contribution in [0.15, 0.2) is 24.3 Å². The topological polar surface area (TPSA) is 78.4 Å². The Bertz CT molecular complexity index is 695. The lowest BCUT2D eigenvalue weighted by Gasteiger charge is -2.27. The Morgan fingerprint density at radius 1 is 1.26 bits per heavy atom. The van der Waals surface area contributed by atoms with Crippen molar-refractivity contribution in [1.29, 1.82) is 0 Å². The molecule has 0 unspecified atom stereocenters. The first-order valence-electron chi connectivity index (χ1n) is 8.91. The number of amides is 1. The third-order valence-corrected chi connectivity index (χ3v) is 7.50. The van der Waals surface area contributed by atoms with Crippen LogP contribution in [0.1, 0.15) is 30.0 Å². The van der Waals surface area contributed by atoms with Crippen molar-refractivity contribution in [3.63, 3.8) is 0 Å². The van der Waals surface area contributed by atoms with Crippen molar-refractivity contribution >= 4 is 20.0 Å². The fourth-order valence-corrected chi connectivity index (χ4v) is 5.84. The standard InChI is InChI=1S/C16H24N2OSi.C2HF3O2/c1-20(2)10-15(17-11-20)16(19)18-14-9-5-7-12-6-3-4-8-13(12)14;3-2(4,5)1(6)7/h3-4,6,8,14-15,17H,5,7,9-11H2,1-2H3,(H,18,19);(H,6,7)/t14-,15+;/m1./s1. The first-order chi connectivity index (χ1) is 12.5. The minimum Gasteiger partial charge on any atom is -0.475 e. The minimum absolute atomic E-state index is 0.0331. The number of halogens is 3. The first-order valence-corrected chi connectivity index (χ1v) is 12.3. The quantitative estimate of drug-likeness (QED) is 0.665. The molecule has 1 heterocycles. The van der Waals surface area contributed by atoms with E-state index < -0.39 is 20.2 Å². The van der Waals surface area contributed by atoms with Crippen molar-refractivity contribution in [2.24, 2.45) is 0 Å². The van der Waals surface area contributed by atoms with Crippen LogP contribution in [0.4, 0.5) is 13.2 Å². The van der Waals surface area contributed by atoms with Crippen molar-refractivity contribution in [2.45, 2.75) is 56.7 Å². The molecule has 1 aliphatic heterocycles. The van der Waals surface area contributed by atoms with E-state index in [0.29, 0.717) is 0 Å². The number of rotatable bonds is 2. The Morgan fingerprint density at radius 3 is 2.44 bits per heavy atom. The highest BCUT2D eigenvalue weighted by Gasteiger charge is 2.38. The number of nitrogens with one attached hydrogen (secondary N) is 2. The summed E-state index contributed by atoms with van der Waals surface area (Å²) in [5.41, 5.74) is 2.72. The molecule has 0 radical (unpaired) electrons. The van der Waals surface area contributed by atoms with Crippen LogP contribution in [0, 0.1) is 0 Å². The number of fused-ring (bicyclic) bond motifs is 1. The maximum Gasteiger partial charge on any atom is 0.490 e. The van der Waals surface area contributed by atoms with Gasteiger partial charge in [-0.15, -0.1) is 0 Å². The molecule has 1 aromatic rings. The molecule has 9 heteroatoms. The van der Waals surface area contributed by atoms with Crippen molar-refractivity contribution < 1.29 is 27.9 Å². The molecule has 1 aromatic carbocycles. The number of carbonyl (C=O) groups is 2. The molecule has 5 nitrogen and oxygen atoms in total. The van der Waals surface area contributed by atoms with Crippen LogP contribution in [0.25, 0.3) is 0 Å². The minimum atomic E-state index is -5.08. The molecule has 1 aliphatic carbocycles. The summed E-state index contributed by atoms with van der Waals surface area (Å²) in [5, 5.41) is 13.8. The first kappa shape index (κ1) is 21.4. The molecule has 2 atom stereocenters. The average molecular weight is 402 g/mol. The second-order valence-corrected chi connectivity index (χ2v) is 12.8. The Labute approximate surface area is 157 Å². The lowest BCUT2D eigenvalue weighted by Crippen LogP contribution is -2.42. The van der Waals surface area contributed by atoms with Gasteiger partial charge in [-0.25, -0.2) is 4.79 Å². The summed E-state index contributed by atoms with van der Waals surface area (Å²) >= 11 is 0. The molecule has 2 aliphatic rings. The summed E-state index contributed by atoms with van der Waals surface area (Å²) in [5.74, 6) is -2.56. The Kier molecular flexibility index (Phi) is 6.69. The van der Waals surface area contributed by atoms with Crippen LogP contribution in [0.5, 0.6) is 0 Å². The number of benzene rings is 1. The lowest BCUT2D eigenvalue weighted by atomic mass is 9.87. The number of carboxylic acids is 1. The van der Waals surface area contributed by atoms with Crippen LogP contribution in [-0.2, 0) is 16.0 Å². The number of alkyl halides is 3. The highest BCUT2D eigenvalue weighted by Crippen LogP contribution is 2.30. The largest absolute Gasteiger partial charge is 0.490 e. The van der Waals surface area contributed by atoms with Crippen LogP contribution < -0.4 is 10.6 Å². The van der Waals surface area contributed by atoms with Crippen molar-refractivity contribution in [3.8, 4) is 0 Å². The molecule has 0 aromatic heterocycles. The normalized spacial score (nSPS) is 23.6. The van der Waals surface area contributed by atoms with Crippen LogP contribution in [-0.4, -0.2) is 43.4 Å². The number of hydrogen-bond acceptors (Lipinski definition) is 3. The van der Waals surface area contributed by atoms with Gasteiger partial charge in [0.05, 0.1) is 20.2 Å². The van der Waals surface area contributed by atoms with Gasteiger partial charge in [-0.3, -0.25) is 4.79 Å². The smallest absolute Gasteiger partial charge is 0.475 e. The highest BCUT2D eigenvalue weighted by atomic mass is 28.3. The lowest BCUT2D eigenvalue weighted by molar-refractivity contribution is -0.192. The van der Waals surface area contributed by atoms with Gasteiger partial charge >= 0.3 is 12.1 Å². The summed E-state index contributed by atoms with van der Waals surface area (Å²) in [7, 11) is -1.18. The molecule has 0 saturated carbocycles. The third-order valence-electron chi connectivity index (χ3n) is 4.83. The van der Waals surface area contributed by atoms with Gasteiger partial charge in [-0.05, 0) is 42.6 Å². The van der Waals surface area contributed by atoms with Gasteiger partial charge in [0.15, 0.2) is 0 Å². The average Bonchev–Trinajstić information content (AvgIpc) is 2.95. The molecular formula is C18H25F3N2O3Si. The SMILES string of the molecule is C[Si]1(C)CN[C@H](C(=O)N[C@@H]2CCCc3ccccc32)C1.O=C(O)C(F)(F)F. The van der Waals surface area contributed by atoms with Gasteiger partial charge in [-0.1, -0.05) is 37.4 Å². The van der Waals surface area contributed by atoms with E-state index in [-0.39, 0.29) is 18.0 Å². The molecule has 0 spiro atoms. The number of carbonyl (C=O) groups excluding carboxylic acids is 1. The van der Waals surface area contributed by atoms with Crippen molar-refractivity contribution in [1.82, 2.24) is 10.6 Å². The maximum absolute atomic E-state index is 12.5. The Hall–Kier alpha value is -1.87. The predicted molar refractivity (Wildman–Crippen MR) is 98.0 cm³/mol. The zero-order valence-electron chi connectivity index (χ0n) is 15.4. The highest BCUT2D eigenvalue weighted by molar-refractivity contribution is 6.78. The summed E-state index contributed by atoms with van der Waals surface area (Å²) in [6.45, 7) is 4.70. The van der Waals surface area contributed by atoms with E-state index in [1.165, 1.54) is 17.5 Å². The van der Waals surface area contributed by atoms with E-state index in [9.17, 15) is 18.0 Å². The summed E-state index contributed by atoms with van der Waals surface area (Å²) in [6.07, 6.45) is -0.646. The molecule has 1 amide bonds. The molecule has 0 bridgehead atoms. The predicted octanol–water partition coefficient (Wildman–Crippen LogP) is 3.03. The van der Waals surface area contributed by atoms with E-state index in [1.54, 1.807) is 0 Å². The van der Waals surface area contributed by atoms with Gasteiger partial charge < -0.3 is 15.7 Å². The van der Waals surface area contributed by atoms with Gasteiger partial charge in [0.2, 0.25) is 5.91 Å². The van der Waals surface area contributed by atoms with Gasteiger partial charge in [-0.2, -0.15) is 13.2 Å². The fourth-order valence-electron chi connectivity index (χ4n) is 3.46. The molecule has 3 rings (SSSR count). The summed E-state index contributed by atoms with van der Waals surface area (Å²) in [6, 6.07) is 9.83. The number of hydrogen-bond donors (Lipinski definition) is 3. The molecule has 1 fully saturated rings. The number of aryl methyl sites for hydroxylation is 1. The van der Waals surface area contributed by atoms with Crippen molar-refractivity contribution in [2.75, 3.05) is 6.17 Å². The Morgan fingerprint density at radius 2 is 1.89 bits per heavy atom. The second kappa shape index (κ2) is 8.43. The van der Waals surface area contributed by atoms with Crippen LogP contribution in [0.3, 0.4) is 0 Å². The molecular weight excluding hydrogens is 377 g/mol. The van der Waals surface area contributed by atoms with Crippen molar-refractivity contribution in [3.05, 3.63) is 35.4 Å².